The molecule has 0 saturated heterocycles. The van der Waals surface area contributed by atoms with E-state index in [-0.39, 0.29) is 6.54 Å². The smallest absolute Gasteiger partial charge is 0.321 e. The van der Waals surface area contributed by atoms with E-state index < -0.39 is 12.0 Å². The van der Waals surface area contributed by atoms with Crippen LogP contribution >= 0.6 is 0 Å². The van der Waals surface area contributed by atoms with Gasteiger partial charge in [-0.25, -0.2) is 4.98 Å². The summed E-state index contributed by atoms with van der Waals surface area (Å²) in [5, 5.41) is 11.6. The second kappa shape index (κ2) is 5.61. The first kappa shape index (κ1) is 12.5. The van der Waals surface area contributed by atoms with Crippen molar-refractivity contribution >= 4 is 17.0 Å². The second-order valence-electron chi connectivity index (χ2n) is 4.15. The maximum absolute atomic E-state index is 10.5. The molecular formula is C12H16N4O2. The van der Waals surface area contributed by atoms with E-state index in [1.807, 2.05) is 18.2 Å². The van der Waals surface area contributed by atoms with E-state index in [0.29, 0.717) is 6.54 Å². The largest absolute Gasteiger partial charge is 0.480 e. The number of fused-ring (bicyclic) bond motifs is 1. The lowest BCUT2D eigenvalue weighted by atomic mass is 10.1. The summed E-state index contributed by atoms with van der Waals surface area (Å²) in [6.07, 6.45) is 2.49. The number of carboxylic acid groups (broad SMARTS) is 1. The minimum absolute atomic E-state index is 0.279. The number of hydrogen-bond donors (Lipinski definition) is 4. The lowest BCUT2D eigenvalue weighted by Gasteiger charge is -2.08. The standard InChI is InChI=1S/C12H16N4O2/c13-9(12(17)18)6-14-4-3-8-1-2-10-11(5-8)16-7-15-10/h1-2,5,7,9,14H,3-4,6,13H2,(H,15,16)(H,17,18). The minimum atomic E-state index is -0.985. The summed E-state index contributed by atoms with van der Waals surface area (Å²) in [4.78, 5) is 17.7. The van der Waals surface area contributed by atoms with Crippen LogP contribution in [0.25, 0.3) is 11.0 Å². The molecule has 2 rings (SSSR count). The summed E-state index contributed by atoms with van der Waals surface area (Å²) in [6, 6.07) is 5.17. The van der Waals surface area contributed by atoms with Crippen molar-refractivity contribution in [1.82, 2.24) is 15.3 Å². The number of imidazole rings is 1. The van der Waals surface area contributed by atoms with Crippen LogP contribution in [0.2, 0.25) is 0 Å². The van der Waals surface area contributed by atoms with E-state index >= 15 is 0 Å². The Morgan fingerprint density at radius 2 is 2.39 bits per heavy atom. The quantitative estimate of drug-likeness (QED) is 0.543. The van der Waals surface area contributed by atoms with Crippen molar-refractivity contribution in [1.29, 1.82) is 0 Å². The van der Waals surface area contributed by atoms with E-state index in [2.05, 4.69) is 15.3 Å². The number of aromatic nitrogens is 2. The summed E-state index contributed by atoms with van der Waals surface area (Å²) in [5.74, 6) is -0.985. The topological polar surface area (TPSA) is 104 Å². The molecule has 2 aromatic rings. The summed E-state index contributed by atoms with van der Waals surface area (Å²) in [5.41, 5.74) is 8.50. The van der Waals surface area contributed by atoms with Crippen molar-refractivity contribution < 1.29 is 9.90 Å². The van der Waals surface area contributed by atoms with Crippen LogP contribution in [0.5, 0.6) is 0 Å². The molecule has 6 nitrogen and oxygen atoms in total. The van der Waals surface area contributed by atoms with Gasteiger partial charge in [0.15, 0.2) is 0 Å². The molecule has 0 aliphatic heterocycles. The number of carbonyl (C=O) groups is 1. The maximum Gasteiger partial charge on any atom is 0.321 e. The first-order valence-corrected chi connectivity index (χ1v) is 5.78. The highest BCUT2D eigenvalue weighted by Crippen LogP contribution is 2.11. The maximum atomic E-state index is 10.5. The average Bonchev–Trinajstić information content (AvgIpc) is 2.81. The lowest BCUT2D eigenvalue weighted by Crippen LogP contribution is -2.40. The fraction of sp³-hybridized carbons (Fsp3) is 0.333. The third-order valence-corrected chi connectivity index (χ3v) is 2.76. The summed E-state index contributed by atoms with van der Waals surface area (Å²) >= 11 is 0. The summed E-state index contributed by atoms with van der Waals surface area (Å²) in [6.45, 7) is 0.974. The average molecular weight is 248 g/mol. The zero-order chi connectivity index (χ0) is 13.0. The molecule has 0 bridgehead atoms. The molecule has 1 heterocycles. The Kier molecular flexibility index (Phi) is 3.91. The van der Waals surface area contributed by atoms with Crippen LogP contribution in [0.3, 0.4) is 0 Å². The zero-order valence-corrected chi connectivity index (χ0v) is 9.89. The van der Waals surface area contributed by atoms with Gasteiger partial charge in [0.25, 0.3) is 0 Å². The Hall–Kier alpha value is -1.92. The molecule has 5 N–H and O–H groups in total. The third kappa shape index (κ3) is 3.06. The monoisotopic (exact) mass is 248 g/mol. The zero-order valence-electron chi connectivity index (χ0n) is 9.89. The Morgan fingerprint density at radius 1 is 1.56 bits per heavy atom. The van der Waals surface area contributed by atoms with Crippen molar-refractivity contribution in [2.75, 3.05) is 13.1 Å². The molecule has 0 fully saturated rings. The number of benzene rings is 1. The Labute approximate surface area is 104 Å². The molecule has 1 aromatic carbocycles. The molecule has 0 amide bonds. The molecule has 1 atom stereocenters. The van der Waals surface area contributed by atoms with Gasteiger partial charge in [0.05, 0.1) is 17.4 Å². The Bertz CT molecular complexity index is 538. The summed E-state index contributed by atoms with van der Waals surface area (Å²) in [7, 11) is 0. The van der Waals surface area contributed by atoms with Crippen LogP contribution in [0, 0.1) is 0 Å². The van der Waals surface area contributed by atoms with Gasteiger partial charge in [0.1, 0.15) is 6.04 Å². The normalized spacial score (nSPS) is 12.7. The highest BCUT2D eigenvalue weighted by atomic mass is 16.4. The SMILES string of the molecule is NC(CNCCc1ccc2nc[nH]c2c1)C(=O)O. The number of nitrogens with two attached hydrogens (primary N) is 1. The predicted molar refractivity (Wildman–Crippen MR) is 68.3 cm³/mol. The highest BCUT2D eigenvalue weighted by Gasteiger charge is 2.09. The molecule has 0 saturated carbocycles. The number of carboxylic acids is 1. The number of rotatable bonds is 6. The predicted octanol–water partition coefficient (Wildman–Crippen LogP) is 0.107. The van der Waals surface area contributed by atoms with Gasteiger partial charge in [-0.15, -0.1) is 0 Å². The van der Waals surface area contributed by atoms with Crippen molar-refractivity contribution in [3.63, 3.8) is 0 Å². The van der Waals surface area contributed by atoms with E-state index in [9.17, 15) is 4.79 Å². The number of hydrogen-bond acceptors (Lipinski definition) is 4. The van der Waals surface area contributed by atoms with E-state index in [1.54, 1.807) is 6.33 Å². The van der Waals surface area contributed by atoms with Crippen LogP contribution in [-0.4, -0.2) is 40.2 Å². The Balaban J connectivity index is 1.81. The molecule has 6 heteroatoms. The first-order chi connectivity index (χ1) is 8.66. The van der Waals surface area contributed by atoms with Gasteiger partial charge < -0.3 is 21.1 Å². The van der Waals surface area contributed by atoms with Crippen LogP contribution < -0.4 is 11.1 Å². The lowest BCUT2D eigenvalue weighted by molar-refractivity contribution is -0.138. The van der Waals surface area contributed by atoms with Gasteiger partial charge in [-0.3, -0.25) is 4.79 Å². The van der Waals surface area contributed by atoms with E-state index in [0.717, 1.165) is 17.5 Å². The molecule has 0 spiro atoms. The first-order valence-electron chi connectivity index (χ1n) is 5.78. The molecule has 0 aliphatic rings. The highest BCUT2D eigenvalue weighted by molar-refractivity contribution is 5.75. The fourth-order valence-corrected chi connectivity index (χ4v) is 1.72. The molecule has 1 aromatic heterocycles. The van der Waals surface area contributed by atoms with E-state index in [1.165, 1.54) is 5.56 Å². The molecule has 0 radical (unpaired) electrons. The Morgan fingerprint density at radius 3 is 3.17 bits per heavy atom. The number of H-pyrrole nitrogens is 1. The van der Waals surface area contributed by atoms with Crippen LogP contribution in [0.1, 0.15) is 5.56 Å². The van der Waals surface area contributed by atoms with Crippen molar-refractivity contribution in [3.8, 4) is 0 Å². The third-order valence-electron chi connectivity index (χ3n) is 2.76. The van der Waals surface area contributed by atoms with Gasteiger partial charge in [-0.1, -0.05) is 6.07 Å². The second-order valence-corrected chi connectivity index (χ2v) is 4.15. The van der Waals surface area contributed by atoms with Crippen molar-refractivity contribution in [2.45, 2.75) is 12.5 Å². The molecule has 0 aliphatic carbocycles. The van der Waals surface area contributed by atoms with Gasteiger partial charge in [-0.2, -0.15) is 0 Å². The molecular weight excluding hydrogens is 232 g/mol. The van der Waals surface area contributed by atoms with Gasteiger partial charge in [0.2, 0.25) is 0 Å². The number of aliphatic carboxylic acids is 1. The van der Waals surface area contributed by atoms with Crippen LogP contribution in [0.4, 0.5) is 0 Å². The number of nitrogens with one attached hydrogen (secondary N) is 2. The number of aromatic amines is 1. The van der Waals surface area contributed by atoms with Gasteiger partial charge >= 0.3 is 5.97 Å². The van der Waals surface area contributed by atoms with Crippen molar-refractivity contribution in [3.05, 3.63) is 30.1 Å². The molecule has 96 valence electrons. The molecule has 1 unspecified atom stereocenters. The number of nitrogens with zero attached hydrogens (tertiary/aromatic N) is 1. The van der Waals surface area contributed by atoms with E-state index in [4.69, 9.17) is 10.8 Å². The van der Waals surface area contributed by atoms with Gasteiger partial charge in [0, 0.05) is 6.54 Å². The van der Waals surface area contributed by atoms with Gasteiger partial charge in [-0.05, 0) is 30.7 Å². The van der Waals surface area contributed by atoms with Crippen LogP contribution in [0.15, 0.2) is 24.5 Å². The van der Waals surface area contributed by atoms with Crippen molar-refractivity contribution in [2.24, 2.45) is 5.73 Å². The molecule has 18 heavy (non-hydrogen) atoms. The van der Waals surface area contributed by atoms with Crippen LogP contribution in [-0.2, 0) is 11.2 Å². The fourth-order valence-electron chi connectivity index (χ4n) is 1.72. The minimum Gasteiger partial charge on any atom is -0.480 e. The summed E-state index contributed by atoms with van der Waals surface area (Å²) < 4.78 is 0.